The molecule has 0 aliphatic rings. The second kappa shape index (κ2) is 6.47. The van der Waals surface area contributed by atoms with E-state index in [9.17, 15) is 10.1 Å². The summed E-state index contributed by atoms with van der Waals surface area (Å²) in [6.07, 6.45) is 2.84. The normalized spacial score (nSPS) is 10.6. The summed E-state index contributed by atoms with van der Waals surface area (Å²) in [4.78, 5) is 15.9. The molecule has 0 saturated carbocycles. The average Bonchev–Trinajstić information content (AvgIpc) is 2.48. The molecule has 0 radical (unpaired) electrons. The van der Waals surface area contributed by atoms with E-state index in [1.54, 1.807) is 6.21 Å². The van der Waals surface area contributed by atoms with Crippen molar-refractivity contribution in [2.75, 3.05) is 24.4 Å². The van der Waals surface area contributed by atoms with E-state index in [2.05, 4.69) is 15.5 Å². The second-order valence-corrected chi connectivity index (χ2v) is 4.51. The number of hydrogen-bond acceptors (Lipinski definition) is 6. The zero-order valence-corrected chi connectivity index (χ0v) is 11.7. The Bertz CT molecular complexity index is 635. The van der Waals surface area contributed by atoms with Gasteiger partial charge in [-0.2, -0.15) is 5.10 Å². The van der Waals surface area contributed by atoms with Gasteiger partial charge in [-0.3, -0.25) is 15.5 Å². The first-order valence-electron chi connectivity index (χ1n) is 6.23. The number of rotatable bonds is 5. The number of hydrazone groups is 1. The third-order valence-electron chi connectivity index (χ3n) is 2.76. The van der Waals surface area contributed by atoms with Gasteiger partial charge in [0, 0.05) is 25.8 Å². The van der Waals surface area contributed by atoms with Crippen LogP contribution in [0.3, 0.4) is 0 Å². The van der Waals surface area contributed by atoms with Gasteiger partial charge in [-0.25, -0.2) is 4.98 Å². The van der Waals surface area contributed by atoms with Gasteiger partial charge < -0.3 is 4.90 Å². The van der Waals surface area contributed by atoms with E-state index >= 15 is 0 Å². The summed E-state index contributed by atoms with van der Waals surface area (Å²) >= 11 is 0. The highest BCUT2D eigenvalue weighted by Gasteiger charge is 2.04. The average molecular weight is 285 g/mol. The van der Waals surface area contributed by atoms with Crippen LogP contribution in [0.1, 0.15) is 5.56 Å². The molecule has 1 aromatic carbocycles. The lowest BCUT2D eigenvalue weighted by atomic mass is 10.2. The van der Waals surface area contributed by atoms with Crippen molar-refractivity contribution in [1.29, 1.82) is 0 Å². The molecule has 1 aromatic heterocycles. The Morgan fingerprint density at radius 1 is 1.24 bits per heavy atom. The lowest BCUT2D eigenvalue weighted by molar-refractivity contribution is -0.385. The molecule has 2 rings (SSSR count). The summed E-state index contributed by atoms with van der Waals surface area (Å²) in [6, 6.07) is 10.8. The molecule has 0 atom stereocenters. The van der Waals surface area contributed by atoms with Crippen LogP contribution < -0.4 is 10.3 Å². The Morgan fingerprint density at radius 3 is 2.48 bits per heavy atom. The molecule has 108 valence electrons. The predicted molar refractivity (Wildman–Crippen MR) is 82.9 cm³/mol. The first-order chi connectivity index (χ1) is 10.1. The standard InChI is InChI=1S/C14H15N5O2/c1-18(2)12-5-3-11(4-6-12)9-16-17-14-8-7-13(10-15-14)19(20)21/h3-10H,1-2H3,(H,15,17)/b16-9+. The number of nitro groups is 1. The van der Waals surface area contributed by atoms with Crippen LogP contribution in [0.5, 0.6) is 0 Å². The third-order valence-corrected chi connectivity index (χ3v) is 2.76. The van der Waals surface area contributed by atoms with Gasteiger partial charge >= 0.3 is 0 Å². The number of nitrogens with one attached hydrogen (secondary N) is 1. The molecule has 1 heterocycles. The maximum absolute atomic E-state index is 10.5. The molecule has 0 aliphatic heterocycles. The van der Waals surface area contributed by atoms with Crippen LogP contribution in [0.2, 0.25) is 0 Å². The summed E-state index contributed by atoms with van der Waals surface area (Å²) in [5.74, 6) is 0.446. The highest BCUT2D eigenvalue weighted by Crippen LogP contribution is 2.12. The van der Waals surface area contributed by atoms with E-state index in [0.717, 1.165) is 11.3 Å². The Kier molecular flexibility index (Phi) is 4.45. The minimum absolute atomic E-state index is 0.0520. The van der Waals surface area contributed by atoms with Crippen molar-refractivity contribution in [2.45, 2.75) is 0 Å². The van der Waals surface area contributed by atoms with Crippen LogP contribution in [0.25, 0.3) is 0 Å². The van der Waals surface area contributed by atoms with Crippen molar-refractivity contribution in [3.05, 3.63) is 58.3 Å². The third kappa shape index (κ3) is 4.00. The number of hydrogen-bond donors (Lipinski definition) is 1. The van der Waals surface area contributed by atoms with Gasteiger partial charge in [0.05, 0.1) is 11.1 Å². The van der Waals surface area contributed by atoms with Crippen LogP contribution in [-0.2, 0) is 0 Å². The van der Waals surface area contributed by atoms with Crippen LogP contribution >= 0.6 is 0 Å². The van der Waals surface area contributed by atoms with E-state index in [-0.39, 0.29) is 5.69 Å². The Morgan fingerprint density at radius 2 is 1.95 bits per heavy atom. The van der Waals surface area contributed by atoms with Gasteiger partial charge in [-0.15, -0.1) is 0 Å². The van der Waals surface area contributed by atoms with E-state index < -0.39 is 4.92 Å². The molecule has 7 nitrogen and oxygen atoms in total. The van der Waals surface area contributed by atoms with Crippen LogP contribution in [-0.4, -0.2) is 30.2 Å². The van der Waals surface area contributed by atoms with Gasteiger partial charge in [-0.05, 0) is 23.8 Å². The molecular formula is C14H15N5O2. The number of nitrogens with zero attached hydrogens (tertiary/aromatic N) is 4. The minimum atomic E-state index is -0.494. The maximum atomic E-state index is 10.5. The van der Waals surface area contributed by atoms with Gasteiger partial charge in [0.2, 0.25) is 0 Å². The fourth-order valence-corrected chi connectivity index (χ4v) is 1.59. The number of benzene rings is 1. The Labute approximate surface area is 122 Å². The molecule has 0 bridgehead atoms. The van der Waals surface area contributed by atoms with Crippen molar-refractivity contribution in [3.8, 4) is 0 Å². The van der Waals surface area contributed by atoms with Crippen LogP contribution in [0.4, 0.5) is 17.2 Å². The summed E-state index contributed by atoms with van der Waals surface area (Å²) < 4.78 is 0. The fourth-order valence-electron chi connectivity index (χ4n) is 1.59. The van der Waals surface area contributed by atoms with Crippen molar-refractivity contribution in [2.24, 2.45) is 5.10 Å². The zero-order valence-electron chi connectivity index (χ0n) is 11.7. The predicted octanol–water partition coefficient (Wildman–Crippen LogP) is 2.50. The summed E-state index contributed by atoms with van der Waals surface area (Å²) in [6.45, 7) is 0. The first kappa shape index (κ1) is 14.4. The summed E-state index contributed by atoms with van der Waals surface area (Å²) in [5, 5.41) is 14.5. The molecule has 0 unspecified atom stereocenters. The molecule has 0 amide bonds. The molecule has 0 spiro atoms. The fraction of sp³-hybridized carbons (Fsp3) is 0.143. The van der Waals surface area contributed by atoms with E-state index in [4.69, 9.17) is 0 Å². The molecule has 1 N–H and O–H groups in total. The lowest BCUT2D eigenvalue weighted by Crippen LogP contribution is -2.08. The maximum Gasteiger partial charge on any atom is 0.287 e. The van der Waals surface area contributed by atoms with Crippen molar-refractivity contribution in [3.63, 3.8) is 0 Å². The molecular weight excluding hydrogens is 270 g/mol. The van der Waals surface area contributed by atoms with Crippen molar-refractivity contribution < 1.29 is 4.92 Å². The van der Waals surface area contributed by atoms with Crippen molar-refractivity contribution >= 4 is 23.4 Å². The molecule has 0 aliphatic carbocycles. The topological polar surface area (TPSA) is 83.7 Å². The summed E-state index contributed by atoms with van der Waals surface area (Å²) in [7, 11) is 3.95. The molecule has 21 heavy (non-hydrogen) atoms. The Balaban J connectivity index is 1.97. The van der Waals surface area contributed by atoms with E-state index in [1.807, 2.05) is 43.3 Å². The SMILES string of the molecule is CN(C)c1ccc(/C=N/Nc2ccc([N+](=O)[O-])cn2)cc1. The van der Waals surface area contributed by atoms with Crippen molar-refractivity contribution in [1.82, 2.24) is 4.98 Å². The van der Waals surface area contributed by atoms with E-state index in [1.165, 1.54) is 18.3 Å². The molecule has 2 aromatic rings. The lowest BCUT2D eigenvalue weighted by Gasteiger charge is -2.11. The quantitative estimate of drug-likeness (QED) is 0.518. The number of aromatic nitrogens is 1. The number of anilines is 2. The van der Waals surface area contributed by atoms with Gasteiger partial charge in [0.15, 0.2) is 0 Å². The van der Waals surface area contributed by atoms with Gasteiger partial charge in [-0.1, -0.05) is 12.1 Å². The highest BCUT2D eigenvalue weighted by molar-refractivity contribution is 5.80. The molecule has 7 heteroatoms. The zero-order chi connectivity index (χ0) is 15.2. The second-order valence-electron chi connectivity index (χ2n) is 4.51. The molecule has 0 fully saturated rings. The van der Waals surface area contributed by atoms with Crippen LogP contribution in [0, 0.1) is 10.1 Å². The van der Waals surface area contributed by atoms with Gasteiger partial charge in [0.25, 0.3) is 5.69 Å². The van der Waals surface area contributed by atoms with E-state index in [0.29, 0.717) is 5.82 Å². The smallest absolute Gasteiger partial charge is 0.287 e. The monoisotopic (exact) mass is 285 g/mol. The number of pyridine rings is 1. The largest absolute Gasteiger partial charge is 0.378 e. The first-order valence-corrected chi connectivity index (χ1v) is 6.23. The highest BCUT2D eigenvalue weighted by atomic mass is 16.6. The summed E-state index contributed by atoms with van der Waals surface area (Å²) in [5.41, 5.74) is 4.72. The Hall–Kier alpha value is -2.96. The van der Waals surface area contributed by atoms with Gasteiger partial charge in [0.1, 0.15) is 12.0 Å². The minimum Gasteiger partial charge on any atom is -0.378 e. The van der Waals surface area contributed by atoms with Crippen LogP contribution in [0.15, 0.2) is 47.7 Å². The molecule has 0 saturated heterocycles.